The largest absolute Gasteiger partial charge is 0.383 e. The maximum atomic E-state index is 12.5. The highest BCUT2D eigenvalue weighted by molar-refractivity contribution is 5.93. The molecule has 0 saturated heterocycles. The summed E-state index contributed by atoms with van der Waals surface area (Å²) in [4.78, 5) is 21.6. The number of rotatable bonds is 7. The summed E-state index contributed by atoms with van der Waals surface area (Å²) < 4.78 is 4.99. The normalized spacial score (nSPS) is 14.8. The first-order chi connectivity index (χ1) is 12.8. The first kappa shape index (κ1) is 18.3. The maximum Gasteiger partial charge on any atom is 0.270 e. The molecule has 138 valence electrons. The van der Waals surface area contributed by atoms with Gasteiger partial charge < -0.3 is 15.4 Å². The third kappa shape index (κ3) is 5.02. The number of carbonyl (C=O) groups excluding carboxylic acids is 1. The van der Waals surface area contributed by atoms with E-state index in [-0.39, 0.29) is 5.91 Å². The van der Waals surface area contributed by atoms with Gasteiger partial charge in [0.1, 0.15) is 11.5 Å². The van der Waals surface area contributed by atoms with Gasteiger partial charge in [0, 0.05) is 31.3 Å². The van der Waals surface area contributed by atoms with Crippen LogP contribution in [0.3, 0.4) is 0 Å². The molecule has 1 saturated carbocycles. The molecule has 3 rings (SSSR count). The van der Waals surface area contributed by atoms with Gasteiger partial charge in [-0.25, -0.2) is 9.97 Å². The second-order valence-electron chi connectivity index (χ2n) is 6.56. The van der Waals surface area contributed by atoms with Crippen LogP contribution in [0, 0.1) is 0 Å². The van der Waals surface area contributed by atoms with Gasteiger partial charge in [-0.1, -0.05) is 49.6 Å². The molecule has 2 N–H and O–H groups in total. The van der Waals surface area contributed by atoms with Crippen molar-refractivity contribution in [1.82, 2.24) is 15.3 Å². The van der Waals surface area contributed by atoms with Crippen molar-refractivity contribution >= 4 is 11.7 Å². The van der Waals surface area contributed by atoms with E-state index in [0.29, 0.717) is 36.5 Å². The number of aromatic nitrogens is 2. The number of carbonyl (C=O) groups is 1. The lowest BCUT2D eigenvalue weighted by Gasteiger charge is -2.23. The Morgan fingerprint density at radius 1 is 1.15 bits per heavy atom. The molecular weight excluding hydrogens is 328 g/mol. The quantitative estimate of drug-likeness (QED) is 0.747. The van der Waals surface area contributed by atoms with E-state index >= 15 is 0 Å². The van der Waals surface area contributed by atoms with Gasteiger partial charge in [0.05, 0.1) is 6.61 Å². The number of anilines is 1. The van der Waals surface area contributed by atoms with E-state index in [1.165, 1.54) is 19.3 Å². The Hall–Kier alpha value is -2.47. The van der Waals surface area contributed by atoms with Crippen LogP contribution in [0.15, 0.2) is 36.4 Å². The van der Waals surface area contributed by atoms with Crippen LogP contribution in [-0.2, 0) is 4.74 Å². The fraction of sp³-hybridized carbons (Fsp3) is 0.450. The number of amides is 1. The van der Waals surface area contributed by atoms with Crippen molar-refractivity contribution in [2.75, 3.05) is 25.6 Å². The van der Waals surface area contributed by atoms with E-state index in [0.717, 1.165) is 18.4 Å². The number of nitrogens with one attached hydrogen (secondary N) is 2. The minimum absolute atomic E-state index is 0.215. The lowest BCUT2D eigenvalue weighted by molar-refractivity contribution is 0.0932. The van der Waals surface area contributed by atoms with Gasteiger partial charge in [-0.2, -0.15) is 0 Å². The molecule has 1 amide bonds. The van der Waals surface area contributed by atoms with Crippen molar-refractivity contribution in [3.63, 3.8) is 0 Å². The van der Waals surface area contributed by atoms with E-state index < -0.39 is 0 Å². The summed E-state index contributed by atoms with van der Waals surface area (Å²) in [7, 11) is 1.61. The molecule has 1 aromatic heterocycles. The number of benzene rings is 1. The molecule has 0 unspecified atom stereocenters. The molecule has 0 bridgehead atoms. The summed E-state index contributed by atoms with van der Waals surface area (Å²) in [5, 5.41) is 6.33. The third-order valence-corrected chi connectivity index (χ3v) is 4.54. The van der Waals surface area contributed by atoms with E-state index in [2.05, 4.69) is 20.6 Å². The Balaban J connectivity index is 1.84. The first-order valence-corrected chi connectivity index (χ1v) is 9.24. The molecule has 1 aliphatic rings. The van der Waals surface area contributed by atoms with Gasteiger partial charge in [-0.15, -0.1) is 0 Å². The minimum Gasteiger partial charge on any atom is -0.383 e. The fourth-order valence-electron chi connectivity index (χ4n) is 3.17. The average molecular weight is 354 g/mol. The summed E-state index contributed by atoms with van der Waals surface area (Å²) in [6.07, 6.45) is 6.04. The lowest BCUT2D eigenvalue weighted by atomic mass is 9.95. The summed E-state index contributed by atoms with van der Waals surface area (Å²) in [5.74, 6) is 1.05. The monoisotopic (exact) mass is 354 g/mol. The highest BCUT2D eigenvalue weighted by Crippen LogP contribution is 2.23. The second kappa shape index (κ2) is 9.29. The van der Waals surface area contributed by atoms with Gasteiger partial charge in [-0.05, 0) is 12.8 Å². The van der Waals surface area contributed by atoms with Crippen LogP contribution < -0.4 is 10.6 Å². The third-order valence-electron chi connectivity index (χ3n) is 4.54. The summed E-state index contributed by atoms with van der Waals surface area (Å²) >= 11 is 0. The van der Waals surface area contributed by atoms with Crippen molar-refractivity contribution in [2.24, 2.45) is 0 Å². The Kier molecular flexibility index (Phi) is 6.55. The zero-order valence-corrected chi connectivity index (χ0v) is 15.2. The number of hydrogen-bond donors (Lipinski definition) is 2. The molecule has 6 heteroatoms. The molecule has 2 aromatic rings. The van der Waals surface area contributed by atoms with Crippen molar-refractivity contribution in [3.05, 3.63) is 42.1 Å². The van der Waals surface area contributed by atoms with E-state index in [1.54, 1.807) is 13.2 Å². The zero-order chi connectivity index (χ0) is 18.2. The molecule has 0 atom stereocenters. The SMILES string of the molecule is COCCNC(=O)c1cc(NC2CCCCC2)nc(-c2ccccc2)n1. The van der Waals surface area contributed by atoms with E-state index in [1.807, 2.05) is 30.3 Å². The molecule has 1 heterocycles. The number of ether oxygens (including phenoxy) is 1. The molecule has 1 aliphatic carbocycles. The van der Waals surface area contributed by atoms with Crippen LogP contribution in [0.25, 0.3) is 11.4 Å². The summed E-state index contributed by atoms with van der Waals surface area (Å²) in [6.45, 7) is 0.918. The second-order valence-corrected chi connectivity index (χ2v) is 6.56. The molecule has 0 aliphatic heterocycles. The highest BCUT2D eigenvalue weighted by atomic mass is 16.5. The minimum atomic E-state index is -0.215. The smallest absolute Gasteiger partial charge is 0.270 e. The summed E-state index contributed by atoms with van der Waals surface area (Å²) in [5.41, 5.74) is 1.26. The number of methoxy groups -OCH3 is 1. The zero-order valence-electron chi connectivity index (χ0n) is 15.2. The van der Waals surface area contributed by atoms with Crippen molar-refractivity contribution in [2.45, 2.75) is 38.1 Å². The lowest BCUT2D eigenvalue weighted by Crippen LogP contribution is -2.28. The van der Waals surface area contributed by atoms with Gasteiger partial charge in [0.2, 0.25) is 0 Å². The average Bonchev–Trinajstić information content (AvgIpc) is 2.69. The molecule has 1 aromatic carbocycles. The predicted octanol–water partition coefficient (Wildman–Crippen LogP) is 3.26. The van der Waals surface area contributed by atoms with Crippen molar-refractivity contribution < 1.29 is 9.53 Å². The van der Waals surface area contributed by atoms with Gasteiger partial charge in [-0.3, -0.25) is 4.79 Å². The van der Waals surface area contributed by atoms with Crippen LogP contribution >= 0.6 is 0 Å². The molecular formula is C20H26N4O2. The van der Waals surface area contributed by atoms with Crippen molar-refractivity contribution in [3.8, 4) is 11.4 Å². The van der Waals surface area contributed by atoms with Crippen LogP contribution in [0.4, 0.5) is 5.82 Å². The van der Waals surface area contributed by atoms with Crippen molar-refractivity contribution in [1.29, 1.82) is 0 Å². The Morgan fingerprint density at radius 3 is 2.65 bits per heavy atom. The van der Waals surface area contributed by atoms with Gasteiger partial charge >= 0.3 is 0 Å². The topological polar surface area (TPSA) is 76.1 Å². The van der Waals surface area contributed by atoms with E-state index in [4.69, 9.17) is 4.74 Å². The van der Waals surface area contributed by atoms with Crippen LogP contribution in [0.2, 0.25) is 0 Å². The molecule has 1 fully saturated rings. The standard InChI is InChI=1S/C20H26N4O2/c1-26-13-12-21-20(25)17-14-18(22-16-10-6-3-7-11-16)24-19(23-17)15-8-4-2-5-9-15/h2,4-5,8-9,14,16H,3,6-7,10-13H2,1H3,(H,21,25)(H,22,23,24). The number of nitrogens with zero attached hydrogens (tertiary/aromatic N) is 2. The van der Waals surface area contributed by atoms with E-state index in [9.17, 15) is 4.79 Å². The predicted molar refractivity (Wildman–Crippen MR) is 102 cm³/mol. The van der Waals surface area contributed by atoms with Crippen LogP contribution in [0.5, 0.6) is 0 Å². The Morgan fingerprint density at radius 2 is 1.92 bits per heavy atom. The van der Waals surface area contributed by atoms with Crippen LogP contribution in [-0.4, -0.2) is 42.2 Å². The maximum absolute atomic E-state index is 12.5. The fourth-order valence-corrected chi connectivity index (χ4v) is 3.17. The summed E-state index contributed by atoms with van der Waals surface area (Å²) in [6, 6.07) is 11.9. The Labute approximate surface area is 154 Å². The highest BCUT2D eigenvalue weighted by Gasteiger charge is 2.17. The van der Waals surface area contributed by atoms with Crippen LogP contribution in [0.1, 0.15) is 42.6 Å². The molecule has 0 spiro atoms. The van der Waals surface area contributed by atoms with Gasteiger partial charge in [0.15, 0.2) is 5.82 Å². The molecule has 6 nitrogen and oxygen atoms in total. The first-order valence-electron chi connectivity index (χ1n) is 9.24. The molecule has 26 heavy (non-hydrogen) atoms. The molecule has 0 radical (unpaired) electrons. The Bertz CT molecular complexity index is 715. The van der Waals surface area contributed by atoms with Gasteiger partial charge in [0.25, 0.3) is 5.91 Å². The number of hydrogen-bond acceptors (Lipinski definition) is 5.